The monoisotopic (exact) mass is 474 g/mol. The number of rotatable bonds is 5. The number of aromatic nitrogens is 2. The molecule has 3 heterocycles. The van der Waals surface area contributed by atoms with Gasteiger partial charge in [-0.2, -0.15) is 4.31 Å². The normalized spacial score (nSPS) is 15.7. The molecule has 1 fully saturated rings. The summed E-state index contributed by atoms with van der Waals surface area (Å²) in [7, 11) is -3.71. The summed E-state index contributed by atoms with van der Waals surface area (Å²) >= 11 is 1.52. The van der Waals surface area contributed by atoms with Gasteiger partial charge >= 0.3 is 0 Å². The third-order valence-electron chi connectivity index (χ3n) is 5.52. The average Bonchev–Trinajstić information content (AvgIpc) is 3.24. The van der Waals surface area contributed by atoms with Crippen molar-refractivity contribution in [1.29, 1.82) is 0 Å². The molecule has 0 aliphatic carbocycles. The standard InChI is InChI=1S/C22H26N4O4S2/c1-15-6-4-7-18(12-15)22-23-19(14-31-22)13-20(27)25-8-5-9-26(11-10-25)32(28,29)21-16(2)24-30-17(21)3/h4,6-7,12,14H,5,8-11,13H2,1-3H3. The molecule has 1 aliphatic rings. The van der Waals surface area contributed by atoms with Gasteiger partial charge in [0, 0.05) is 37.1 Å². The number of amides is 1. The van der Waals surface area contributed by atoms with Gasteiger partial charge in [0.15, 0.2) is 5.76 Å². The molecule has 0 atom stereocenters. The fourth-order valence-corrected chi connectivity index (χ4v) is 6.50. The third-order valence-corrected chi connectivity index (χ3v) is 8.61. The van der Waals surface area contributed by atoms with Gasteiger partial charge in [0.2, 0.25) is 15.9 Å². The Labute approximate surface area is 191 Å². The minimum absolute atomic E-state index is 0.0392. The number of hydrogen-bond donors (Lipinski definition) is 0. The van der Waals surface area contributed by atoms with Crippen LogP contribution in [0, 0.1) is 20.8 Å². The zero-order valence-corrected chi connectivity index (χ0v) is 20.0. The number of thiazole rings is 1. The molecule has 2 aromatic heterocycles. The van der Waals surface area contributed by atoms with Gasteiger partial charge < -0.3 is 9.42 Å². The fraction of sp³-hybridized carbons (Fsp3) is 0.409. The van der Waals surface area contributed by atoms with Crippen molar-refractivity contribution in [3.05, 3.63) is 52.4 Å². The van der Waals surface area contributed by atoms with Gasteiger partial charge in [0.1, 0.15) is 15.6 Å². The number of nitrogens with zero attached hydrogens (tertiary/aromatic N) is 4. The Kier molecular flexibility index (Phi) is 6.45. The van der Waals surface area contributed by atoms with Crippen LogP contribution in [-0.4, -0.2) is 59.8 Å². The largest absolute Gasteiger partial charge is 0.360 e. The molecule has 3 aromatic rings. The second-order valence-electron chi connectivity index (χ2n) is 7.98. The predicted molar refractivity (Wildman–Crippen MR) is 122 cm³/mol. The van der Waals surface area contributed by atoms with E-state index in [2.05, 4.69) is 16.2 Å². The van der Waals surface area contributed by atoms with E-state index in [1.165, 1.54) is 15.6 Å². The summed E-state index contributed by atoms with van der Waals surface area (Å²) in [6.07, 6.45) is 0.777. The van der Waals surface area contributed by atoms with Crippen LogP contribution in [0.5, 0.6) is 0 Å². The molecule has 4 rings (SSSR count). The molecule has 0 saturated carbocycles. The van der Waals surface area contributed by atoms with E-state index in [9.17, 15) is 13.2 Å². The molecule has 0 bridgehead atoms. The predicted octanol–water partition coefficient (Wildman–Crippen LogP) is 3.19. The van der Waals surface area contributed by atoms with Crippen LogP contribution in [0.3, 0.4) is 0 Å². The maximum atomic E-state index is 13.1. The quantitative estimate of drug-likeness (QED) is 0.563. The van der Waals surface area contributed by atoms with E-state index in [1.54, 1.807) is 18.7 Å². The van der Waals surface area contributed by atoms with Crippen molar-refractivity contribution in [2.24, 2.45) is 0 Å². The molecule has 1 aromatic carbocycles. The third kappa shape index (κ3) is 4.62. The molecule has 1 saturated heterocycles. The lowest BCUT2D eigenvalue weighted by Gasteiger charge is -2.21. The highest BCUT2D eigenvalue weighted by Crippen LogP contribution is 2.26. The first kappa shape index (κ1) is 22.6. The number of carbonyl (C=O) groups excluding carboxylic acids is 1. The Hall–Kier alpha value is -2.56. The summed E-state index contributed by atoms with van der Waals surface area (Å²) < 4.78 is 32.6. The zero-order chi connectivity index (χ0) is 22.9. The van der Waals surface area contributed by atoms with Crippen molar-refractivity contribution in [1.82, 2.24) is 19.3 Å². The van der Waals surface area contributed by atoms with Gasteiger partial charge in [0.25, 0.3) is 0 Å². The smallest absolute Gasteiger partial charge is 0.248 e. The molecular formula is C22H26N4O4S2. The van der Waals surface area contributed by atoms with E-state index < -0.39 is 10.0 Å². The molecule has 0 spiro atoms. The molecule has 1 amide bonds. The Morgan fingerprint density at radius 2 is 1.97 bits per heavy atom. The maximum Gasteiger partial charge on any atom is 0.248 e. The number of aryl methyl sites for hydroxylation is 3. The van der Waals surface area contributed by atoms with Gasteiger partial charge in [-0.1, -0.05) is 28.9 Å². The molecule has 10 heteroatoms. The van der Waals surface area contributed by atoms with Gasteiger partial charge in [-0.15, -0.1) is 11.3 Å². The minimum Gasteiger partial charge on any atom is -0.360 e. The molecule has 0 radical (unpaired) electrons. The number of benzene rings is 1. The lowest BCUT2D eigenvalue weighted by Crippen LogP contribution is -2.38. The van der Waals surface area contributed by atoms with E-state index >= 15 is 0 Å². The van der Waals surface area contributed by atoms with Crippen molar-refractivity contribution >= 4 is 27.3 Å². The first-order valence-corrected chi connectivity index (χ1v) is 12.8. The maximum absolute atomic E-state index is 13.1. The Bertz CT molecular complexity index is 1210. The molecule has 32 heavy (non-hydrogen) atoms. The zero-order valence-electron chi connectivity index (χ0n) is 18.4. The van der Waals surface area contributed by atoms with Gasteiger partial charge in [0.05, 0.1) is 12.1 Å². The van der Waals surface area contributed by atoms with Crippen LogP contribution in [0.15, 0.2) is 39.1 Å². The van der Waals surface area contributed by atoms with Crippen molar-refractivity contribution in [3.63, 3.8) is 0 Å². The van der Waals surface area contributed by atoms with E-state index in [-0.39, 0.29) is 29.5 Å². The molecule has 0 N–H and O–H groups in total. The fourth-order valence-electron chi connectivity index (χ4n) is 3.92. The summed E-state index contributed by atoms with van der Waals surface area (Å²) in [5.41, 5.74) is 3.30. The molecular weight excluding hydrogens is 448 g/mol. The number of hydrogen-bond acceptors (Lipinski definition) is 7. The highest BCUT2D eigenvalue weighted by Gasteiger charge is 2.33. The minimum atomic E-state index is -3.71. The highest BCUT2D eigenvalue weighted by atomic mass is 32.2. The summed E-state index contributed by atoms with van der Waals surface area (Å²) in [6, 6.07) is 8.13. The van der Waals surface area contributed by atoms with Crippen molar-refractivity contribution < 1.29 is 17.7 Å². The van der Waals surface area contributed by atoms with E-state index in [0.717, 1.165) is 21.8 Å². The Morgan fingerprint density at radius 3 is 2.69 bits per heavy atom. The topological polar surface area (TPSA) is 96.6 Å². The number of carbonyl (C=O) groups is 1. The molecule has 170 valence electrons. The van der Waals surface area contributed by atoms with E-state index in [4.69, 9.17) is 4.52 Å². The van der Waals surface area contributed by atoms with Gasteiger partial charge in [-0.3, -0.25) is 4.79 Å². The van der Waals surface area contributed by atoms with Crippen LogP contribution in [0.4, 0.5) is 0 Å². The van der Waals surface area contributed by atoms with Crippen LogP contribution < -0.4 is 0 Å². The second-order valence-corrected chi connectivity index (χ2v) is 10.7. The average molecular weight is 475 g/mol. The van der Waals surface area contributed by atoms with Crippen molar-refractivity contribution in [2.75, 3.05) is 26.2 Å². The summed E-state index contributed by atoms with van der Waals surface area (Å²) in [5.74, 6) is 0.246. The molecule has 8 nitrogen and oxygen atoms in total. The molecule has 1 aliphatic heterocycles. The van der Waals surface area contributed by atoms with Crippen molar-refractivity contribution in [2.45, 2.75) is 38.5 Å². The summed E-state index contributed by atoms with van der Waals surface area (Å²) in [6.45, 7) is 6.71. The lowest BCUT2D eigenvalue weighted by molar-refractivity contribution is -0.130. The van der Waals surface area contributed by atoms with Crippen LogP contribution in [-0.2, 0) is 21.2 Å². The second kappa shape index (κ2) is 9.13. The number of sulfonamides is 1. The lowest BCUT2D eigenvalue weighted by atomic mass is 10.1. The highest BCUT2D eigenvalue weighted by molar-refractivity contribution is 7.89. The van der Waals surface area contributed by atoms with Crippen LogP contribution in [0.2, 0.25) is 0 Å². The van der Waals surface area contributed by atoms with Crippen LogP contribution in [0.1, 0.15) is 29.1 Å². The first-order chi connectivity index (χ1) is 15.3. The van der Waals surface area contributed by atoms with Gasteiger partial charge in [-0.05, 0) is 33.3 Å². The van der Waals surface area contributed by atoms with Crippen LogP contribution in [0.25, 0.3) is 10.6 Å². The Balaban J connectivity index is 1.41. The summed E-state index contributed by atoms with van der Waals surface area (Å²) in [5, 5.41) is 6.58. The first-order valence-electron chi connectivity index (χ1n) is 10.5. The van der Waals surface area contributed by atoms with Gasteiger partial charge in [-0.25, -0.2) is 13.4 Å². The molecule has 0 unspecified atom stereocenters. The Morgan fingerprint density at radius 1 is 1.16 bits per heavy atom. The SMILES string of the molecule is Cc1cccc(-c2nc(CC(=O)N3CCCN(S(=O)(=O)c4c(C)noc4C)CC3)cs2)c1. The summed E-state index contributed by atoms with van der Waals surface area (Å²) in [4.78, 5) is 19.4. The van der Waals surface area contributed by atoms with Crippen LogP contribution >= 0.6 is 11.3 Å². The van der Waals surface area contributed by atoms with E-state index in [0.29, 0.717) is 31.7 Å². The van der Waals surface area contributed by atoms with Crippen molar-refractivity contribution in [3.8, 4) is 10.6 Å². The van der Waals surface area contributed by atoms with E-state index in [1.807, 2.05) is 30.5 Å².